The first kappa shape index (κ1) is 15.3. The van der Waals surface area contributed by atoms with E-state index >= 15 is 0 Å². The van der Waals surface area contributed by atoms with Crippen LogP contribution in [-0.4, -0.2) is 29.3 Å². The van der Waals surface area contributed by atoms with Crippen LogP contribution in [0.25, 0.3) is 22.3 Å². The maximum absolute atomic E-state index is 5.40. The number of hydrogen-bond acceptors (Lipinski definition) is 6. The highest BCUT2D eigenvalue weighted by atomic mass is 16.5. The lowest BCUT2D eigenvalue weighted by Gasteiger charge is -2.10. The first-order chi connectivity index (χ1) is 10.9. The highest BCUT2D eigenvalue weighted by Gasteiger charge is 2.24. The van der Waals surface area contributed by atoms with Crippen molar-refractivity contribution in [3.63, 3.8) is 0 Å². The Morgan fingerprint density at radius 2 is 1.78 bits per heavy atom. The van der Waals surface area contributed by atoms with Crippen LogP contribution in [0.1, 0.15) is 26.7 Å². The van der Waals surface area contributed by atoms with E-state index in [1.807, 2.05) is 45.0 Å². The zero-order valence-corrected chi connectivity index (χ0v) is 13.9. The zero-order valence-electron chi connectivity index (χ0n) is 13.9. The Bertz CT molecular complexity index is 850. The minimum absolute atomic E-state index is 0.216. The van der Waals surface area contributed by atoms with Crippen LogP contribution >= 0.6 is 0 Å². The molecule has 0 aliphatic heterocycles. The summed E-state index contributed by atoms with van der Waals surface area (Å²) in [6.45, 7) is 6.06. The maximum Gasteiger partial charge on any atom is 0.232 e. The maximum atomic E-state index is 5.40. The lowest BCUT2D eigenvalue weighted by molar-refractivity contribution is 0.321. The second kappa shape index (κ2) is 5.53. The fourth-order valence-corrected chi connectivity index (χ4v) is 2.22. The van der Waals surface area contributed by atoms with E-state index in [2.05, 4.69) is 15.1 Å². The third-order valence-corrected chi connectivity index (χ3v) is 3.49. The van der Waals surface area contributed by atoms with Crippen molar-refractivity contribution in [1.82, 2.24) is 15.1 Å². The van der Waals surface area contributed by atoms with Gasteiger partial charge in [-0.1, -0.05) is 25.9 Å². The molecule has 1 aromatic carbocycles. The normalized spacial score (nSPS) is 11.7. The van der Waals surface area contributed by atoms with Gasteiger partial charge < -0.3 is 14.0 Å². The molecule has 6 heteroatoms. The molecule has 0 bridgehead atoms. The van der Waals surface area contributed by atoms with E-state index in [1.165, 1.54) is 0 Å². The Balaban J connectivity index is 2.16. The molecule has 0 fully saturated rings. The van der Waals surface area contributed by atoms with Crippen molar-refractivity contribution < 1.29 is 14.0 Å². The Kier molecular flexibility index (Phi) is 3.67. The molecule has 0 unspecified atom stereocenters. The molecule has 0 saturated heterocycles. The van der Waals surface area contributed by atoms with Gasteiger partial charge in [-0.05, 0) is 24.3 Å². The number of nitrogens with zero attached hydrogens (tertiary/aromatic N) is 3. The Hall–Kier alpha value is -2.63. The van der Waals surface area contributed by atoms with Gasteiger partial charge in [0.15, 0.2) is 0 Å². The smallest absolute Gasteiger partial charge is 0.232 e. The number of ether oxygens (including phenoxy) is 2. The van der Waals surface area contributed by atoms with E-state index in [0.29, 0.717) is 23.2 Å². The third kappa shape index (κ3) is 2.84. The lowest BCUT2D eigenvalue weighted by Crippen LogP contribution is -2.11. The zero-order chi connectivity index (χ0) is 16.6. The lowest BCUT2D eigenvalue weighted by atomic mass is 9.97. The molecular formula is C17H19N3O3. The highest BCUT2D eigenvalue weighted by molar-refractivity contribution is 5.86. The van der Waals surface area contributed by atoms with Crippen LogP contribution in [0.3, 0.4) is 0 Å². The van der Waals surface area contributed by atoms with Crippen molar-refractivity contribution in [3.05, 3.63) is 30.2 Å². The second-order valence-corrected chi connectivity index (χ2v) is 6.28. The summed E-state index contributed by atoms with van der Waals surface area (Å²) in [5.41, 5.74) is 1.28. The van der Waals surface area contributed by atoms with E-state index in [9.17, 15) is 0 Å². The Labute approximate surface area is 134 Å². The summed E-state index contributed by atoms with van der Waals surface area (Å²) in [4.78, 5) is 9.00. The minimum atomic E-state index is -0.216. The standard InChI is InChI=1S/C17H19N3O3/c1-17(2,3)16-19-14(20-23-16)12-9-10-8-11(21-4)6-7-13(10)18-15(12)22-5/h6-9H,1-5H3. The van der Waals surface area contributed by atoms with E-state index in [4.69, 9.17) is 14.0 Å². The van der Waals surface area contributed by atoms with Crippen molar-refractivity contribution in [2.24, 2.45) is 0 Å². The molecule has 3 aromatic rings. The van der Waals surface area contributed by atoms with Gasteiger partial charge in [-0.3, -0.25) is 0 Å². The van der Waals surface area contributed by atoms with Crippen LogP contribution in [-0.2, 0) is 5.41 Å². The van der Waals surface area contributed by atoms with Gasteiger partial charge in [0, 0.05) is 10.8 Å². The quantitative estimate of drug-likeness (QED) is 0.736. The summed E-state index contributed by atoms with van der Waals surface area (Å²) in [6, 6.07) is 7.59. The molecule has 0 radical (unpaired) electrons. The Morgan fingerprint density at radius 1 is 1.00 bits per heavy atom. The average Bonchev–Trinajstić information content (AvgIpc) is 3.03. The fraction of sp³-hybridized carbons (Fsp3) is 0.353. The van der Waals surface area contributed by atoms with Gasteiger partial charge in [-0.25, -0.2) is 4.98 Å². The number of pyridine rings is 1. The molecule has 2 aromatic heterocycles. The molecule has 2 heterocycles. The monoisotopic (exact) mass is 313 g/mol. The van der Waals surface area contributed by atoms with Crippen molar-refractivity contribution in [3.8, 4) is 23.0 Å². The first-order valence-corrected chi connectivity index (χ1v) is 7.29. The molecule has 23 heavy (non-hydrogen) atoms. The third-order valence-electron chi connectivity index (χ3n) is 3.49. The van der Waals surface area contributed by atoms with Gasteiger partial charge in [0.1, 0.15) is 5.75 Å². The van der Waals surface area contributed by atoms with Crippen LogP contribution in [0.15, 0.2) is 28.8 Å². The molecule has 0 aliphatic carbocycles. The largest absolute Gasteiger partial charge is 0.497 e. The van der Waals surface area contributed by atoms with Crippen molar-refractivity contribution in [2.75, 3.05) is 14.2 Å². The summed E-state index contributed by atoms with van der Waals surface area (Å²) in [7, 11) is 3.21. The number of rotatable bonds is 3. The van der Waals surface area contributed by atoms with Crippen molar-refractivity contribution in [1.29, 1.82) is 0 Å². The van der Waals surface area contributed by atoms with Crippen LogP contribution < -0.4 is 9.47 Å². The summed E-state index contributed by atoms with van der Waals surface area (Å²) >= 11 is 0. The predicted molar refractivity (Wildman–Crippen MR) is 86.8 cm³/mol. The number of fused-ring (bicyclic) bond motifs is 1. The summed E-state index contributed by atoms with van der Waals surface area (Å²) in [5.74, 6) is 2.26. The van der Waals surface area contributed by atoms with Crippen molar-refractivity contribution >= 4 is 10.9 Å². The molecule has 0 aliphatic rings. The van der Waals surface area contributed by atoms with E-state index < -0.39 is 0 Å². The van der Waals surface area contributed by atoms with Crippen molar-refractivity contribution in [2.45, 2.75) is 26.2 Å². The SMILES string of the molecule is COc1ccc2nc(OC)c(-c3noc(C(C)(C)C)n3)cc2c1. The average molecular weight is 313 g/mol. The van der Waals surface area contributed by atoms with Gasteiger partial charge in [0.05, 0.1) is 25.3 Å². The second-order valence-electron chi connectivity index (χ2n) is 6.28. The molecule has 120 valence electrons. The molecular weight excluding hydrogens is 294 g/mol. The van der Waals surface area contributed by atoms with Crippen LogP contribution in [0.4, 0.5) is 0 Å². The summed E-state index contributed by atoms with van der Waals surface area (Å²) in [6.07, 6.45) is 0. The fourth-order valence-electron chi connectivity index (χ4n) is 2.22. The Morgan fingerprint density at radius 3 is 2.39 bits per heavy atom. The number of benzene rings is 1. The van der Waals surface area contributed by atoms with E-state index in [1.54, 1.807) is 14.2 Å². The highest BCUT2D eigenvalue weighted by Crippen LogP contribution is 2.32. The molecule has 3 rings (SSSR count). The molecule has 6 nitrogen and oxygen atoms in total. The molecule has 0 saturated carbocycles. The number of aromatic nitrogens is 3. The minimum Gasteiger partial charge on any atom is -0.497 e. The van der Waals surface area contributed by atoms with Crippen LogP contribution in [0, 0.1) is 0 Å². The summed E-state index contributed by atoms with van der Waals surface area (Å²) < 4.78 is 16.0. The molecule has 0 spiro atoms. The van der Waals surface area contributed by atoms with Gasteiger partial charge in [-0.15, -0.1) is 0 Å². The molecule has 0 atom stereocenters. The van der Waals surface area contributed by atoms with Gasteiger partial charge in [0.25, 0.3) is 0 Å². The number of hydrogen-bond donors (Lipinski definition) is 0. The van der Waals surface area contributed by atoms with Gasteiger partial charge >= 0.3 is 0 Å². The topological polar surface area (TPSA) is 70.3 Å². The van der Waals surface area contributed by atoms with Gasteiger partial charge in [0.2, 0.25) is 17.6 Å². The first-order valence-electron chi connectivity index (χ1n) is 7.29. The van der Waals surface area contributed by atoms with E-state index in [-0.39, 0.29) is 5.41 Å². The predicted octanol–water partition coefficient (Wildman–Crippen LogP) is 3.60. The number of methoxy groups -OCH3 is 2. The van der Waals surface area contributed by atoms with E-state index in [0.717, 1.165) is 16.7 Å². The van der Waals surface area contributed by atoms with Crippen LogP contribution in [0.2, 0.25) is 0 Å². The molecule has 0 N–H and O–H groups in total. The van der Waals surface area contributed by atoms with Crippen LogP contribution in [0.5, 0.6) is 11.6 Å². The van der Waals surface area contributed by atoms with Gasteiger partial charge in [-0.2, -0.15) is 4.98 Å². The molecule has 0 amide bonds. The summed E-state index contributed by atoms with van der Waals surface area (Å²) in [5, 5.41) is 4.99.